The minimum atomic E-state index is -0.476. The molecular weight excluding hydrogens is 192 g/mol. The number of hydrogen-bond donors (Lipinski definition) is 2. The van der Waals surface area contributed by atoms with Gasteiger partial charge in [-0.1, -0.05) is 13.3 Å². The minimum absolute atomic E-state index is 0.0414. The lowest BCUT2D eigenvalue weighted by Crippen LogP contribution is -2.48. The Bertz CT molecular complexity index is 205. The van der Waals surface area contributed by atoms with Crippen molar-refractivity contribution >= 4 is 5.91 Å². The van der Waals surface area contributed by atoms with Gasteiger partial charge in [0.15, 0.2) is 6.10 Å². The van der Waals surface area contributed by atoms with Gasteiger partial charge in [0, 0.05) is 18.7 Å². The fourth-order valence-electron chi connectivity index (χ4n) is 1.57. The van der Waals surface area contributed by atoms with Crippen molar-refractivity contribution in [3.8, 4) is 0 Å². The van der Waals surface area contributed by atoms with Gasteiger partial charge in [-0.3, -0.25) is 4.79 Å². The second-order valence-electron chi connectivity index (χ2n) is 4.11. The lowest BCUT2D eigenvalue weighted by molar-refractivity contribution is -0.134. The lowest BCUT2D eigenvalue weighted by Gasteiger charge is -2.22. The Morgan fingerprint density at radius 2 is 2.20 bits per heavy atom. The van der Waals surface area contributed by atoms with E-state index < -0.39 is 6.10 Å². The van der Waals surface area contributed by atoms with Gasteiger partial charge < -0.3 is 15.8 Å². The molecular formula is C11H22N2O2. The van der Waals surface area contributed by atoms with E-state index in [2.05, 4.69) is 12.2 Å². The van der Waals surface area contributed by atoms with Gasteiger partial charge in [-0.2, -0.15) is 0 Å². The molecule has 0 heterocycles. The lowest BCUT2D eigenvalue weighted by atomic mass is 10.1. The van der Waals surface area contributed by atoms with Crippen LogP contribution < -0.4 is 11.1 Å². The van der Waals surface area contributed by atoms with Gasteiger partial charge in [-0.15, -0.1) is 0 Å². The molecule has 4 heteroatoms. The molecule has 1 aliphatic carbocycles. The Balaban J connectivity index is 2.42. The molecule has 3 N–H and O–H groups in total. The fraction of sp³-hybridized carbons (Fsp3) is 0.909. The highest BCUT2D eigenvalue weighted by atomic mass is 16.5. The maximum atomic E-state index is 11.8. The number of carbonyl (C=O) groups is 1. The van der Waals surface area contributed by atoms with Crippen LogP contribution in [0.4, 0.5) is 0 Å². The number of nitrogens with one attached hydrogen (secondary N) is 1. The van der Waals surface area contributed by atoms with Crippen LogP contribution in [0.1, 0.15) is 39.5 Å². The van der Waals surface area contributed by atoms with Crippen molar-refractivity contribution in [2.24, 2.45) is 5.73 Å². The smallest absolute Gasteiger partial charge is 0.250 e. The molecule has 88 valence electrons. The first kappa shape index (κ1) is 12.5. The standard InChI is InChI=1S/C11H22N2O2/c1-3-5-9(12)10(15-4-2)11(14)13-8-6-7-8/h8-10H,3-7,12H2,1-2H3,(H,13,14)/t9-,10?/m0/s1. The van der Waals surface area contributed by atoms with E-state index in [4.69, 9.17) is 10.5 Å². The van der Waals surface area contributed by atoms with Crippen LogP contribution in [-0.4, -0.2) is 30.7 Å². The van der Waals surface area contributed by atoms with E-state index in [0.29, 0.717) is 12.6 Å². The summed E-state index contributed by atoms with van der Waals surface area (Å²) in [6, 6.07) is 0.183. The third kappa shape index (κ3) is 4.18. The first-order valence-electron chi connectivity index (χ1n) is 5.86. The van der Waals surface area contributed by atoms with Crippen LogP contribution in [0.5, 0.6) is 0 Å². The minimum Gasteiger partial charge on any atom is -0.367 e. The molecule has 0 aromatic heterocycles. The summed E-state index contributed by atoms with van der Waals surface area (Å²) < 4.78 is 5.41. The third-order valence-electron chi connectivity index (χ3n) is 2.54. The molecule has 0 radical (unpaired) electrons. The van der Waals surface area contributed by atoms with Gasteiger partial charge in [0.05, 0.1) is 0 Å². The van der Waals surface area contributed by atoms with Crippen molar-refractivity contribution in [3.63, 3.8) is 0 Å². The molecule has 1 aliphatic rings. The number of amides is 1. The van der Waals surface area contributed by atoms with Crippen LogP contribution in [-0.2, 0) is 9.53 Å². The van der Waals surface area contributed by atoms with Gasteiger partial charge in [0.2, 0.25) is 0 Å². The number of carbonyl (C=O) groups excluding carboxylic acids is 1. The zero-order valence-electron chi connectivity index (χ0n) is 9.66. The maximum Gasteiger partial charge on any atom is 0.250 e. The summed E-state index contributed by atoms with van der Waals surface area (Å²) in [4.78, 5) is 11.8. The van der Waals surface area contributed by atoms with Gasteiger partial charge in [0.25, 0.3) is 5.91 Å². The summed E-state index contributed by atoms with van der Waals surface area (Å²) in [5.74, 6) is -0.0414. The van der Waals surface area contributed by atoms with Gasteiger partial charge in [-0.05, 0) is 26.2 Å². The highest BCUT2D eigenvalue weighted by Gasteiger charge is 2.30. The maximum absolute atomic E-state index is 11.8. The Hall–Kier alpha value is -0.610. The van der Waals surface area contributed by atoms with Gasteiger partial charge in [0.1, 0.15) is 0 Å². The molecule has 1 unspecified atom stereocenters. The molecule has 0 aliphatic heterocycles. The predicted molar refractivity (Wildman–Crippen MR) is 59.5 cm³/mol. The number of nitrogens with two attached hydrogens (primary N) is 1. The number of rotatable bonds is 7. The largest absolute Gasteiger partial charge is 0.367 e. The number of hydrogen-bond acceptors (Lipinski definition) is 3. The Morgan fingerprint density at radius 1 is 1.53 bits per heavy atom. The second kappa shape index (κ2) is 6.08. The monoisotopic (exact) mass is 214 g/mol. The number of ether oxygens (including phenoxy) is 1. The zero-order chi connectivity index (χ0) is 11.3. The van der Waals surface area contributed by atoms with Crippen molar-refractivity contribution in [1.82, 2.24) is 5.32 Å². The molecule has 1 saturated carbocycles. The van der Waals surface area contributed by atoms with Crippen molar-refractivity contribution in [2.45, 2.75) is 57.7 Å². The van der Waals surface area contributed by atoms with Crippen molar-refractivity contribution in [1.29, 1.82) is 0 Å². The molecule has 0 aromatic rings. The normalized spacial score (nSPS) is 19.7. The molecule has 0 aromatic carbocycles. The van der Waals surface area contributed by atoms with E-state index >= 15 is 0 Å². The third-order valence-corrected chi connectivity index (χ3v) is 2.54. The van der Waals surface area contributed by atoms with Gasteiger partial charge >= 0.3 is 0 Å². The summed E-state index contributed by atoms with van der Waals surface area (Å²) in [7, 11) is 0. The first-order chi connectivity index (χ1) is 7.19. The van der Waals surface area contributed by atoms with Crippen LogP contribution in [0.15, 0.2) is 0 Å². The van der Waals surface area contributed by atoms with Crippen molar-refractivity contribution < 1.29 is 9.53 Å². The van der Waals surface area contributed by atoms with Crippen LogP contribution in [0.2, 0.25) is 0 Å². The Morgan fingerprint density at radius 3 is 2.67 bits per heavy atom. The van der Waals surface area contributed by atoms with E-state index in [1.807, 2.05) is 6.92 Å². The molecule has 4 nitrogen and oxygen atoms in total. The second-order valence-corrected chi connectivity index (χ2v) is 4.11. The molecule has 0 spiro atoms. The van der Waals surface area contributed by atoms with Crippen molar-refractivity contribution in [2.75, 3.05) is 6.61 Å². The summed E-state index contributed by atoms with van der Waals surface area (Å²) in [6.07, 6.45) is 3.50. The van der Waals surface area contributed by atoms with E-state index in [9.17, 15) is 4.79 Å². The average molecular weight is 214 g/mol. The van der Waals surface area contributed by atoms with Crippen LogP contribution in [0, 0.1) is 0 Å². The molecule has 1 fully saturated rings. The van der Waals surface area contributed by atoms with E-state index in [0.717, 1.165) is 25.7 Å². The van der Waals surface area contributed by atoms with Crippen LogP contribution >= 0.6 is 0 Å². The summed E-state index contributed by atoms with van der Waals surface area (Å²) in [6.45, 7) is 4.47. The molecule has 1 amide bonds. The molecule has 2 atom stereocenters. The highest BCUT2D eigenvalue weighted by Crippen LogP contribution is 2.19. The summed E-state index contributed by atoms with van der Waals surface area (Å²) >= 11 is 0. The van der Waals surface area contributed by atoms with Gasteiger partial charge in [-0.25, -0.2) is 0 Å². The first-order valence-corrected chi connectivity index (χ1v) is 5.86. The molecule has 15 heavy (non-hydrogen) atoms. The van der Waals surface area contributed by atoms with Crippen LogP contribution in [0.25, 0.3) is 0 Å². The predicted octanol–water partition coefficient (Wildman–Crippen LogP) is 0.797. The van der Waals surface area contributed by atoms with E-state index in [-0.39, 0.29) is 11.9 Å². The van der Waals surface area contributed by atoms with Crippen molar-refractivity contribution in [3.05, 3.63) is 0 Å². The SMILES string of the molecule is CCC[C@H](N)C(OCC)C(=O)NC1CC1. The summed E-state index contributed by atoms with van der Waals surface area (Å²) in [5.41, 5.74) is 5.93. The van der Waals surface area contributed by atoms with Crippen LogP contribution in [0.3, 0.4) is 0 Å². The zero-order valence-corrected chi connectivity index (χ0v) is 9.66. The Labute approximate surface area is 91.5 Å². The van der Waals surface area contributed by atoms with E-state index in [1.54, 1.807) is 0 Å². The molecule has 0 saturated heterocycles. The molecule has 1 rings (SSSR count). The highest BCUT2D eigenvalue weighted by molar-refractivity contribution is 5.82. The molecule has 0 bridgehead atoms. The average Bonchev–Trinajstić information content (AvgIpc) is 2.98. The topological polar surface area (TPSA) is 64.3 Å². The fourth-order valence-corrected chi connectivity index (χ4v) is 1.57. The summed E-state index contributed by atoms with van der Waals surface area (Å²) in [5, 5.41) is 2.93. The quantitative estimate of drug-likeness (QED) is 0.659. The Kier molecular flexibility index (Phi) is 5.05. The van der Waals surface area contributed by atoms with E-state index in [1.165, 1.54) is 0 Å².